The van der Waals surface area contributed by atoms with Crippen molar-refractivity contribution in [2.24, 2.45) is 16.7 Å². The van der Waals surface area contributed by atoms with Gasteiger partial charge in [0.1, 0.15) is 28.3 Å². The van der Waals surface area contributed by atoms with Crippen molar-refractivity contribution in [3.05, 3.63) is 83.6 Å². The molecule has 0 bridgehead atoms. The molecule has 0 amide bonds. The van der Waals surface area contributed by atoms with Gasteiger partial charge in [-0.25, -0.2) is 4.98 Å². The predicted molar refractivity (Wildman–Crippen MR) is 222 cm³/mol. The molecule has 0 spiro atoms. The van der Waals surface area contributed by atoms with Gasteiger partial charge in [0.15, 0.2) is 5.78 Å². The van der Waals surface area contributed by atoms with Crippen LogP contribution in [0.25, 0.3) is 53.3 Å². The number of rotatable bonds is 10. The molecule has 7 heteroatoms. The van der Waals surface area contributed by atoms with E-state index in [1.54, 1.807) is 17.7 Å². The number of aliphatic hydroxyl groups excluding tert-OH is 1. The molecule has 0 aliphatic heterocycles. The van der Waals surface area contributed by atoms with Gasteiger partial charge in [0, 0.05) is 63.7 Å². The fraction of sp³-hybridized carbons (Fsp3) is 0.457. The zero-order chi connectivity index (χ0) is 38.2. The molecule has 1 N–H and O–H groups in total. The van der Waals surface area contributed by atoms with Crippen molar-refractivity contribution in [2.75, 3.05) is 0 Å². The van der Waals surface area contributed by atoms with Gasteiger partial charge >= 0.3 is 0 Å². The molecule has 5 nitrogen and oxygen atoms in total. The van der Waals surface area contributed by atoms with Crippen molar-refractivity contribution in [3.63, 3.8) is 0 Å². The average molecular weight is 910 g/mol. The fourth-order valence-electron chi connectivity index (χ4n) is 6.95. The van der Waals surface area contributed by atoms with Crippen LogP contribution < -0.4 is 0 Å². The Bertz CT molecular complexity index is 2260. The third kappa shape index (κ3) is 8.33. The van der Waals surface area contributed by atoms with E-state index in [-0.39, 0.29) is 47.9 Å². The van der Waals surface area contributed by atoms with E-state index in [0.717, 1.165) is 70.3 Å². The molecule has 0 aliphatic carbocycles. The third-order valence-corrected chi connectivity index (χ3v) is 12.6. The molecule has 3 aromatic heterocycles. The molecule has 53 heavy (non-hydrogen) atoms. The Morgan fingerprint density at radius 2 is 1.55 bits per heavy atom. The molecule has 0 aliphatic rings. The number of carbonyl (C=O) groups is 1. The summed E-state index contributed by atoms with van der Waals surface area (Å²) in [7, 11) is 0. The molecular formula is C46H57IrN2O3S-. The Morgan fingerprint density at radius 1 is 0.906 bits per heavy atom. The Kier molecular flexibility index (Phi) is 13.2. The van der Waals surface area contributed by atoms with E-state index in [0.29, 0.717) is 5.92 Å². The van der Waals surface area contributed by atoms with Gasteiger partial charge in [-0.05, 0) is 67.9 Å². The summed E-state index contributed by atoms with van der Waals surface area (Å²) in [4.78, 5) is 22.7. The van der Waals surface area contributed by atoms with Gasteiger partial charge in [0.2, 0.25) is 0 Å². The normalized spacial score (nSPS) is 12.8. The van der Waals surface area contributed by atoms with Crippen molar-refractivity contribution in [1.29, 1.82) is 0 Å². The smallest absolute Gasteiger partial charge is 0.164 e. The van der Waals surface area contributed by atoms with E-state index in [1.165, 1.54) is 38.1 Å². The van der Waals surface area contributed by atoms with Crippen molar-refractivity contribution in [3.8, 4) is 11.3 Å². The zero-order valence-electron chi connectivity index (χ0n) is 33.7. The van der Waals surface area contributed by atoms with E-state index in [9.17, 15) is 9.90 Å². The van der Waals surface area contributed by atoms with E-state index in [1.807, 2.05) is 41.5 Å². The second-order valence-corrected chi connectivity index (χ2v) is 17.4. The van der Waals surface area contributed by atoms with Gasteiger partial charge in [0.25, 0.3) is 0 Å². The standard InChI is InChI=1S/C31H29N2OS.C15H28O2.Ir/c1-17(2)13-23-18(3)34-25-12-11-22-27-28(32-16-33-30(27)35-29(22)26(23)25)20-14-19-9-7-8-10-21(19)24(15-20)31(4,5)6;1-7-14(5,8-2)12(16)11-13(17)15(6,9-3)10-4;/h7-12,15-17H,13H2,1-6H3;11,16H,7-10H2,1-6H3;/q-1;;/b;12-11-;. The largest absolute Gasteiger partial charge is 0.512 e. The topological polar surface area (TPSA) is 76.2 Å². The maximum Gasteiger partial charge on any atom is 0.164 e. The van der Waals surface area contributed by atoms with Crippen LogP contribution in [0, 0.1) is 29.7 Å². The average Bonchev–Trinajstić information content (AvgIpc) is 3.66. The number of ketones is 1. The van der Waals surface area contributed by atoms with Gasteiger partial charge in [-0.15, -0.1) is 40.5 Å². The Morgan fingerprint density at radius 3 is 2.15 bits per heavy atom. The number of thiophene rings is 1. The molecule has 1 radical (unpaired) electrons. The van der Waals surface area contributed by atoms with Crippen LogP contribution in [-0.4, -0.2) is 20.9 Å². The van der Waals surface area contributed by atoms with Crippen molar-refractivity contribution >= 4 is 59.2 Å². The maximum absolute atomic E-state index is 12.2. The Hall–Kier alpha value is -3.38. The van der Waals surface area contributed by atoms with Gasteiger partial charge in [-0.1, -0.05) is 105 Å². The predicted octanol–water partition coefficient (Wildman–Crippen LogP) is 13.7. The van der Waals surface area contributed by atoms with E-state index in [4.69, 9.17) is 14.4 Å². The van der Waals surface area contributed by atoms with Crippen LogP contribution in [-0.2, 0) is 36.7 Å². The van der Waals surface area contributed by atoms with E-state index >= 15 is 0 Å². The van der Waals surface area contributed by atoms with Gasteiger partial charge in [0.05, 0.1) is 0 Å². The number of allylic oxidation sites excluding steroid dienone is 2. The molecule has 0 unspecified atom stereocenters. The molecule has 0 atom stereocenters. The molecule has 285 valence electrons. The van der Waals surface area contributed by atoms with E-state index < -0.39 is 0 Å². The molecule has 6 rings (SSSR count). The van der Waals surface area contributed by atoms with Crippen LogP contribution in [0.2, 0.25) is 0 Å². The van der Waals surface area contributed by atoms with Crippen molar-refractivity contribution in [1.82, 2.24) is 9.97 Å². The van der Waals surface area contributed by atoms with Crippen LogP contribution in [0.15, 0.2) is 65.0 Å². The molecule has 0 fully saturated rings. The summed E-state index contributed by atoms with van der Waals surface area (Å²) in [5.41, 5.74) is 4.94. The fourth-order valence-corrected chi connectivity index (χ4v) is 8.15. The number of carbonyl (C=O) groups excluding carboxylic acids is 1. The number of furan rings is 1. The number of fused-ring (bicyclic) bond motifs is 6. The van der Waals surface area contributed by atoms with Gasteiger partial charge < -0.3 is 9.52 Å². The first-order valence-corrected chi connectivity index (χ1v) is 19.8. The summed E-state index contributed by atoms with van der Waals surface area (Å²) in [5, 5.41) is 16.0. The van der Waals surface area contributed by atoms with E-state index in [2.05, 4.69) is 90.1 Å². The summed E-state index contributed by atoms with van der Waals surface area (Å²) in [6.45, 7) is 25.5. The van der Waals surface area contributed by atoms with Crippen LogP contribution in [0.4, 0.5) is 0 Å². The second kappa shape index (κ2) is 16.5. The maximum atomic E-state index is 12.2. The van der Waals surface area contributed by atoms with Crippen LogP contribution in [0.1, 0.15) is 119 Å². The first-order chi connectivity index (χ1) is 24.5. The number of hydrogen-bond donors (Lipinski definition) is 1. The first-order valence-electron chi connectivity index (χ1n) is 19.0. The number of aromatic nitrogens is 2. The minimum atomic E-state index is -0.337. The zero-order valence-corrected chi connectivity index (χ0v) is 36.9. The molecule has 3 aromatic carbocycles. The Labute approximate surface area is 334 Å². The Balaban J connectivity index is 0.000000299. The summed E-state index contributed by atoms with van der Waals surface area (Å²) in [6, 6.07) is 18.8. The number of aliphatic hydroxyl groups is 1. The third-order valence-electron chi connectivity index (χ3n) is 11.4. The quantitative estimate of drug-likeness (QED) is 0.0842. The molecule has 6 aromatic rings. The SMILES string of the molecule is CCC(C)(CC)C(=O)/C=C(\O)C(C)(CC)CC.Cc1oc2ccc3c(sc4ncnc(-c5[c-]c6ccccc6c(C(C)(C)C)c5)c43)c2c1CC(C)C.[Ir]. The number of hydrogen-bond acceptors (Lipinski definition) is 6. The van der Waals surface area contributed by atoms with Crippen LogP contribution in [0.3, 0.4) is 0 Å². The minimum Gasteiger partial charge on any atom is -0.512 e. The monoisotopic (exact) mass is 910 g/mol. The molecule has 0 saturated heterocycles. The van der Waals surface area contributed by atoms with Gasteiger partial charge in [-0.3, -0.25) is 9.78 Å². The number of benzene rings is 3. The molecule has 3 heterocycles. The van der Waals surface area contributed by atoms with Crippen LogP contribution in [0.5, 0.6) is 0 Å². The number of nitrogens with zero attached hydrogens (tertiary/aromatic N) is 2. The van der Waals surface area contributed by atoms with Crippen molar-refractivity contribution < 1.29 is 34.4 Å². The number of aryl methyl sites for hydroxylation is 1. The van der Waals surface area contributed by atoms with Crippen LogP contribution >= 0.6 is 11.3 Å². The molecule has 0 saturated carbocycles. The summed E-state index contributed by atoms with van der Waals surface area (Å²) >= 11 is 1.74. The second-order valence-electron chi connectivity index (χ2n) is 16.4. The molecular weight excluding hydrogens is 853 g/mol. The van der Waals surface area contributed by atoms with Crippen molar-refractivity contribution in [2.45, 2.75) is 121 Å². The summed E-state index contributed by atoms with van der Waals surface area (Å²) in [6.07, 6.45) is 7.45. The first kappa shape index (κ1) is 42.4. The van der Waals surface area contributed by atoms with Gasteiger partial charge in [-0.2, -0.15) is 0 Å². The summed E-state index contributed by atoms with van der Waals surface area (Å²) in [5.74, 6) is 1.86. The summed E-state index contributed by atoms with van der Waals surface area (Å²) < 4.78 is 7.42. The minimum absolute atomic E-state index is 0.